The van der Waals surface area contributed by atoms with Crippen LogP contribution in [0.25, 0.3) is 0 Å². The van der Waals surface area contributed by atoms with Gasteiger partial charge < -0.3 is 0 Å². The monoisotopic (exact) mass is 250 g/mol. The predicted octanol–water partition coefficient (Wildman–Crippen LogP) is 1.37. The third-order valence-electron chi connectivity index (χ3n) is 1.51. The average molecular weight is 250 g/mol. The molecule has 0 atom stereocenters. The maximum Gasteiger partial charge on any atom is 0.246 e. The number of benzene rings is 1. The third-order valence-corrected chi connectivity index (χ3v) is 2.57. The van der Waals surface area contributed by atoms with Gasteiger partial charge in [0.25, 0.3) is 0 Å². The average Bonchev–Trinajstić information content (AvgIpc) is 2.13. The highest BCUT2D eigenvalue weighted by molar-refractivity contribution is 7.92. The molecule has 0 radical (unpaired) electrons. The van der Waals surface area contributed by atoms with Crippen LogP contribution >= 0.6 is 0 Å². The summed E-state index contributed by atoms with van der Waals surface area (Å²) in [6, 6.07) is 2.32. The van der Waals surface area contributed by atoms with Gasteiger partial charge >= 0.3 is 0 Å². The van der Waals surface area contributed by atoms with Gasteiger partial charge in [-0.3, -0.25) is 4.72 Å². The van der Waals surface area contributed by atoms with Gasteiger partial charge in [0.05, 0.1) is 11.8 Å². The Balaban J connectivity index is 3.05. The molecule has 8 heteroatoms. The normalized spacial score (nSPS) is 10.9. The van der Waals surface area contributed by atoms with Gasteiger partial charge in [-0.25, -0.2) is 21.6 Å². The number of hydrogen-bond acceptors (Lipinski definition) is 3. The van der Waals surface area contributed by atoms with Crippen molar-refractivity contribution < 1.29 is 21.6 Å². The van der Waals surface area contributed by atoms with Crippen molar-refractivity contribution in [3.8, 4) is 6.07 Å². The lowest BCUT2D eigenvalue weighted by Gasteiger charge is -2.05. The van der Waals surface area contributed by atoms with Gasteiger partial charge in [-0.15, -0.1) is 0 Å². The molecule has 0 fully saturated rings. The highest BCUT2D eigenvalue weighted by atomic mass is 32.2. The first-order chi connectivity index (χ1) is 7.35. The second kappa shape index (κ2) is 4.40. The summed E-state index contributed by atoms with van der Waals surface area (Å²) in [5, 5.41) is 8.16. The molecular weight excluding hydrogens is 245 g/mol. The van der Waals surface area contributed by atoms with E-state index < -0.39 is 38.9 Å². The van der Waals surface area contributed by atoms with Crippen LogP contribution in [0.2, 0.25) is 0 Å². The van der Waals surface area contributed by atoms with Crippen LogP contribution in [0.1, 0.15) is 0 Å². The van der Waals surface area contributed by atoms with Crippen LogP contribution in [-0.4, -0.2) is 14.2 Å². The first-order valence-corrected chi connectivity index (χ1v) is 5.53. The highest BCUT2D eigenvalue weighted by Gasteiger charge is 2.14. The molecule has 1 N–H and O–H groups in total. The van der Waals surface area contributed by atoms with E-state index in [0.29, 0.717) is 12.1 Å². The predicted molar refractivity (Wildman–Crippen MR) is 49.3 cm³/mol. The fourth-order valence-electron chi connectivity index (χ4n) is 0.915. The van der Waals surface area contributed by atoms with Gasteiger partial charge in [0.2, 0.25) is 10.0 Å². The van der Waals surface area contributed by atoms with Crippen molar-refractivity contribution in [2.75, 3.05) is 10.5 Å². The fourth-order valence-corrected chi connectivity index (χ4v) is 1.63. The molecular formula is C8H5F3N2O2S. The molecule has 0 aliphatic carbocycles. The van der Waals surface area contributed by atoms with E-state index >= 15 is 0 Å². The molecule has 0 saturated carbocycles. The zero-order chi connectivity index (χ0) is 12.3. The molecule has 0 saturated heterocycles. The molecule has 0 heterocycles. The molecule has 0 aliphatic heterocycles. The molecule has 0 spiro atoms. The smallest absolute Gasteiger partial charge is 0.246 e. The Kier molecular flexibility index (Phi) is 3.39. The van der Waals surface area contributed by atoms with Gasteiger partial charge in [0.1, 0.15) is 0 Å². The molecule has 0 aromatic heterocycles. The van der Waals surface area contributed by atoms with Crippen LogP contribution in [-0.2, 0) is 10.0 Å². The number of nitriles is 1. The van der Waals surface area contributed by atoms with Crippen molar-refractivity contribution in [3.05, 3.63) is 29.6 Å². The minimum Gasteiger partial charge on any atom is -0.282 e. The third kappa shape index (κ3) is 2.87. The Labute approximate surface area is 89.4 Å². The topological polar surface area (TPSA) is 70.0 Å². The molecule has 0 amide bonds. The maximum absolute atomic E-state index is 12.7. The summed E-state index contributed by atoms with van der Waals surface area (Å²) < 4.78 is 61.7. The summed E-state index contributed by atoms with van der Waals surface area (Å²) in [4.78, 5) is 0. The van der Waals surface area contributed by atoms with Crippen molar-refractivity contribution in [2.45, 2.75) is 0 Å². The van der Waals surface area contributed by atoms with E-state index in [0.717, 1.165) is 0 Å². The number of nitrogens with zero attached hydrogens (tertiary/aromatic N) is 1. The Morgan fingerprint density at radius 3 is 2.19 bits per heavy atom. The molecule has 0 unspecified atom stereocenters. The minimum absolute atomic E-state index is 0.480. The number of halogens is 3. The molecule has 0 bridgehead atoms. The lowest BCUT2D eigenvalue weighted by molar-refractivity contribution is 0.448. The van der Waals surface area contributed by atoms with Gasteiger partial charge in [-0.05, 0) is 0 Å². The van der Waals surface area contributed by atoms with E-state index in [9.17, 15) is 21.6 Å². The lowest BCUT2D eigenvalue weighted by Crippen LogP contribution is -2.16. The quantitative estimate of drug-likeness (QED) is 0.823. The lowest BCUT2D eigenvalue weighted by atomic mass is 10.3. The Morgan fingerprint density at radius 1 is 1.25 bits per heavy atom. The Hall–Kier alpha value is -1.75. The van der Waals surface area contributed by atoms with E-state index in [-0.39, 0.29) is 0 Å². The number of sulfonamides is 1. The van der Waals surface area contributed by atoms with Crippen LogP contribution in [0.15, 0.2) is 12.1 Å². The van der Waals surface area contributed by atoms with Crippen molar-refractivity contribution in [3.63, 3.8) is 0 Å². The summed E-state index contributed by atoms with van der Waals surface area (Å²) in [6.45, 7) is 0. The van der Waals surface area contributed by atoms with Crippen molar-refractivity contribution in [1.29, 1.82) is 5.26 Å². The molecule has 16 heavy (non-hydrogen) atoms. The molecule has 1 aromatic rings. The number of hydrogen-bond donors (Lipinski definition) is 1. The first kappa shape index (κ1) is 12.3. The fraction of sp³-hybridized carbons (Fsp3) is 0.125. The number of rotatable bonds is 3. The second-order valence-electron chi connectivity index (χ2n) is 2.77. The zero-order valence-electron chi connectivity index (χ0n) is 7.67. The van der Waals surface area contributed by atoms with E-state index in [1.165, 1.54) is 6.07 Å². The van der Waals surface area contributed by atoms with Crippen molar-refractivity contribution in [2.24, 2.45) is 0 Å². The highest BCUT2D eigenvalue weighted by Crippen LogP contribution is 2.18. The van der Waals surface area contributed by atoms with Gasteiger partial charge in [-0.1, -0.05) is 0 Å². The van der Waals surface area contributed by atoms with E-state index in [2.05, 4.69) is 0 Å². The largest absolute Gasteiger partial charge is 0.282 e. The van der Waals surface area contributed by atoms with Crippen molar-refractivity contribution in [1.82, 2.24) is 0 Å². The van der Waals surface area contributed by atoms with Gasteiger partial charge in [0.15, 0.2) is 23.2 Å². The number of nitrogens with one attached hydrogen (secondary N) is 1. The van der Waals surface area contributed by atoms with Crippen molar-refractivity contribution >= 4 is 15.7 Å². The minimum atomic E-state index is -4.00. The van der Waals surface area contributed by atoms with Gasteiger partial charge in [0, 0.05) is 12.1 Å². The zero-order valence-corrected chi connectivity index (χ0v) is 8.48. The van der Waals surface area contributed by atoms with E-state index in [1.54, 1.807) is 4.72 Å². The summed E-state index contributed by atoms with van der Waals surface area (Å²) in [7, 11) is -4.00. The van der Waals surface area contributed by atoms with Crippen LogP contribution < -0.4 is 4.72 Å². The molecule has 1 aromatic carbocycles. The van der Waals surface area contributed by atoms with Crippen LogP contribution in [0, 0.1) is 28.8 Å². The van der Waals surface area contributed by atoms with E-state index in [4.69, 9.17) is 5.26 Å². The standard InChI is InChI=1S/C8H5F3N2O2S/c9-6-3-5(4-7(10)8(6)11)13-16(14,15)2-1-12/h3-4,13H,2H2. The van der Waals surface area contributed by atoms with Gasteiger partial charge in [-0.2, -0.15) is 5.26 Å². The SMILES string of the molecule is N#CCS(=O)(=O)Nc1cc(F)c(F)c(F)c1. The summed E-state index contributed by atoms with van der Waals surface area (Å²) in [5.74, 6) is -5.60. The maximum atomic E-state index is 12.7. The summed E-state index contributed by atoms with van der Waals surface area (Å²) in [5.41, 5.74) is -0.480. The summed E-state index contributed by atoms with van der Waals surface area (Å²) >= 11 is 0. The Morgan fingerprint density at radius 2 is 1.75 bits per heavy atom. The van der Waals surface area contributed by atoms with Crippen LogP contribution in [0.4, 0.5) is 18.9 Å². The summed E-state index contributed by atoms with van der Waals surface area (Å²) in [6.07, 6.45) is 0. The molecule has 86 valence electrons. The van der Waals surface area contributed by atoms with Crippen LogP contribution in [0.3, 0.4) is 0 Å². The Bertz CT molecular complexity index is 528. The molecule has 0 aliphatic rings. The first-order valence-electron chi connectivity index (χ1n) is 3.87. The van der Waals surface area contributed by atoms with E-state index in [1.807, 2.05) is 0 Å². The number of anilines is 1. The molecule has 4 nitrogen and oxygen atoms in total. The van der Waals surface area contributed by atoms with Crippen LogP contribution in [0.5, 0.6) is 0 Å². The second-order valence-corrected chi connectivity index (χ2v) is 4.50. The molecule has 1 rings (SSSR count).